The van der Waals surface area contributed by atoms with Gasteiger partial charge in [0.1, 0.15) is 11.6 Å². The predicted octanol–water partition coefficient (Wildman–Crippen LogP) is 3.98. The number of benzene rings is 2. The van der Waals surface area contributed by atoms with Gasteiger partial charge in [0, 0.05) is 36.0 Å². The third-order valence-corrected chi connectivity index (χ3v) is 5.74. The summed E-state index contributed by atoms with van der Waals surface area (Å²) in [5.41, 5.74) is 4.22. The minimum Gasteiger partial charge on any atom is -0.483 e. The van der Waals surface area contributed by atoms with Crippen LogP contribution < -0.4 is 9.64 Å². The van der Waals surface area contributed by atoms with E-state index in [0.29, 0.717) is 11.6 Å². The molecule has 3 aromatic rings. The zero-order chi connectivity index (χ0) is 20.1. The monoisotopic (exact) mass is 384 g/mol. The van der Waals surface area contributed by atoms with Crippen LogP contribution in [0.3, 0.4) is 0 Å². The quantitative estimate of drug-likeness (QED) is 0.683. The van der Waals surface area contributed by atoms with Crippen LogP contribution in [0.2, 0.25) is 0 Å². The van der Waals surface area contributed by atoms with Crippen molar-refractivity contribution in [2.45, 2.75) is 20.0 Å². The molecule has 6 nitrogen and oxygen atoms in total. The summed E-state index contributed by atoms with van der Waals surface area (Å²) < 4.78 is 7.81. The van der Waals surface area contributed by atoms with E-state index in [9.17, 15) is 10.1 Å². The summed E-state index contributed by atoms with van der Waals surface area (Å²) in [6, 6.07) is 15.7. The van der Waals surface area contributed by atoms with Gasteiger partial charge in [-0.15, -0.1) is 0 Å². The van der Waals surface area contributed by atoms with Gasteiger partial charge < -0.3 is 9.64 Å². The van der Waals surface area contributed by atoms with E-state index in [4.69, 9.17) is 4.74 Å². The van der Waals surface area contributed by atoms with E-state index in [-0.39, 0.29) is 5.91 Å². The van der Waals surface area contributed by atoms with Gasteiger partial charge in [-0.3, -0.25) is 9.36 Å². The highest BCUT2D eigenvalue weighted by molar-refractivity contribution is 6.03. The Morgan fingerprint density at radius 1 is 1.21 bits per heavy atom. The largest absolute Gasteiger partial charge is 0.483 e. The van der Waals surface area contributed by atoms with Crippen molar-refractivity contribution >= 4 is 34.3 Å². The fourth-order valence-electron chi connectivity index (χ4n) is 4.25. The van der Waals surface area contributed by atoms with Crippen LogP contribution in [0.25, 0.3) is 22.7 Å². The highest BCUT2D eigenvalue weighted by atomic mass is 16.5. The molecule has 0 bridgehead atoms. The smallest absolute Gasteiger partial charge is 0.254 e. The number of imidazole rings is 1. The van der Waals surface area contributed by atoms with Crippen LogP contribution in [0.4, 0.5) is 5.69 Å². The van der Waals surface area contributed by atoms with Crippen molar-refractivity contribution < 1.29 is 9.53 Å². The average Bonchev–Trinajstić information content (AvgIpc) is 3.14. The number of fused-ring (bicyclic) bond motifs is 6. The Balaban J connectivity index is 1.70. The molecule has 29 heavy (non-hydrogen) atoms. The van der Waals surface area contributed by atoms with Crippen LogP contribution in [-0.2, 0) is 0 Å². The van der Waals surface area contributed by atoms with E-state index in [1.807, 2.05) is 42.5 Å². The summed E-state index contributed by atoms with van der Waals surface area (Å²) in [6.45, 7) is 6.00. The van der Waals surface area contributed by atoms with E-state index in [1.54, 1.807) is 4.57 Å². The zero-order valence-electron chi connectivity index (χ0n) is 16.3. The van der Waals surface area contributed by atoms with Gasteiger partial charge in [-0.1, -0.05) is 12.1 Å². The number of hydrogen-bond acceptors (Lipinski definition) is 5. The molecule has 3 heterocycles. The van der Waals surface area contributed by atoms with E-state index in [2.05, 4.69) is 35.9 Å². The fraction of sp³-hybridized carbons (Fsp3) is 0.261. The maximum atomic E-state index is 13.1. The molecule has 6 heteroatoms. The molecule has 2 aliphatic heterocycles. The molecule has 0 N–H and O–H groups in total. The molecule has 2 aliphatic rings. The van der Waals surface area contributed by atoms with Gasteiger partial charge in [0.2, 0.25) is 0 Å². The lowest BCUT2D eigenvalue weighted by molar-refractivity contribution is 0.0774. The Kier molecular flexibility index (Phi) is 3.92. The molecule has 0 fully saturated rings. The number of nitrogens with zero attached hydrogens (tertiary/aromatic N) is 4. The molecular weight excluding hydrogens is 364 g/mol. The lowest BCUT2D eigenvalue weighted by Gasteiger charge is -2.34. The minimum atomic E-state index is -0.920. The second-order valence-corrected chi connectivity index (χ2v) is 7.24. The Bertz CT molecular complexity index is 1210. The van der Waals surface area contributed by atoms with Gasteiger partial charge in [-0.05, 0) is 44.2 Å². The molecule has 2 aromatic carbocycles. The van der Waals surface area contributed by atoms with Crippen LogP contribution in [0.5, 0.6) is 5.75 Å². The highest BCUT2D eigenvalue weighted by Crippen LogP contribution is 2.42. The fourth-order valence-corrected chi connectivity index (χ4v) is 4.25. The number of rotatable bonds is 3. The van der Waals surface area contributed by atoms with Crippen molar-refractivity contribution in [3.05, 3.63) is 53.9 Å². The molecule has 1 aromatic heterocycles. The van der Waals surface area contributed by atoms with Crippen LogP contribution in [0, 0.1) is 17.2 Å². The number of carbonyl (C=O) groups excluding carboxylic acids is 1. The van der Waals surface area contributed by atoms with Crippen LogP contribution >= 0.6 is 0 Å². The number of anilines is 1. The lowest BCUT2D eigenvalue weighted by atomic mass is 9.88. The summed E-state index contributed by atoms with van der Waals surface area (Å²) in [7, 11) is 0. The number of nitriles is 1. The Hall–Kier alpha value is -3.59. The minimum absolute atomic E-state index is 0.290. The number of para-hydroxylation sites is 2. The third-order valence-electron chi connectivity index (χ3n) is 5.74. The standard InChI is InChI=1S/C23H20N4O2/c1-3-26(4-2)15-10-9-14-11-16-21(29-20(14)12-15)17(13-24)23(28)27-19-8-6-5-7-18(19)25-22(16)27/h5-12,17,21H,3-4H2,1-2H3. The summed E-state index contributed by atoms with van der Waals surface area (Å²) in [5, 5.41) is 9.78. The van der Waals surface area contributed by atoms with Crippen molar-refractivity contribution in [1.29, 1.82) is 5.26 Å². The van der Waals surface area contributed by atoms with Crippen molar-refractivity contribution in [3.63, 3.8) is 0 Å². The molecule has 5 rings (SSSR count). The molecule has 0 spiro atoms. The normalized spacial score (nSPS) is 19.5. The van der Waals surface area contributed by atoms with Gasteiger partial charge >= 0.3 is 0 Å². The maximum absolute atomic E-state index is 13.1. The molecule has 0 amide bonds. The molecule has 0 saturated heterocycles. The van der Waals surface area contributed by atoms with Gasteiger partial charge in [0.05, 0.1) is 17.1 Å². The molecule has 2 atom stereocenters. The van der Waals surface area contributed by atoms with Crippen molar-refractivity contribution in [1.82, 2.24) is 9.55 Å². The van der Waals surface area contributed by atoms with E-state index < -0.39 is 12.0 Å². The van der Waals surface area contributed by atoms with Crippen LogP contribution in [0.1, 0.15) is 30.0 Å². The third kappa shape index (κ3) is 2.47. The number of aromatic nitrogens is 2. The highest BCUT2D eigenvalue weighted by Gasteiger charge is 2.44. The molecular formula is C23H20N4O2. The van der Waals surface area contributed by atoms with Gasteiger partial charge in [-0.25, -0.2) is 4.98 Å². The molecule has 144 valence electrons. The molecule has 2 unspecified atom stereocenters. The second-order valence-electron chi connectivity index (χ2n) is 7.24. The number of hydrogen-bond donors (Lipinski definition) is 0. The van der Waals surface area contributed by atoms with Crippen molar-refractivity contribution in [2.24, 2.45) is 5.92 Å². The van der Waals surface area contributed by atoms with E-state index in [1.165, 1.54) is 0 Å². The summed E-state index contributed by atoms with van der Waals surface area (Å²) in [5.74, 6) is 0.0465. The molecule has 0 saturated carbocycles. The average molecular weight is 384 g/mol. The van der Waals surface area contributed by atoms with Crippen LogP contribution in [-0.4, -0.2) is 34.7 Å². The van der Waals surface area contributed by atoms with Crippen LogP contribution in [0.15, 0.2) is 42.5 Å². The van der Waals surface area contributed by atoms with Gasteiger partial charge in [-0.2, -0.15) is 5.26 Å². The van der Waals surface area contributed by atoms with E-state index in [0.717, 1.165) is 40.9 Å². The lowest BCUT2D eigenvalue weighted by Crippen LogP contribution is -2.42. The summed E-state index contributed by atoms with van der Waals surface area (Å²) in [4.78, 5) is 20.1. The van der Waals surface area contributed by atoms with Crippen molar-refractivity contribution in [3.8, 4) is 11.8 Å². The zero-order valence-corrected chi connectivity index (χ0v) is 16.3. The Morgan fingerprint density at radius 2 is 2.00 bits per heavy atom. The first-order valence-electron chi connectivity index (χ1n) is 9.85. The molecule has 0 aliphatic carbocycles. The summed E-state index contributed by atoms with van der Waals surface area (Å²) in [6.07, 6.45) is 1.35. The van der Waals surface area contributed by atoms with Gasteiger partial charge in [0.15, 0.2) is 12.0 Å². The second kappa shape index (κ2) is 6.49. The van der Waals surface area contributed by atoms with Crippen molar-refractivity contribution in [2.75, 3.05) is 18.0 Å². The number of carbonyl (C=O) groups is 1. The first-order valence-corrected chi connectivity index (χ1v) is 9.85. The topological polar surface area (TPSA) is 71.2 Å². The van der Waals surface area contributed by atoms with Gasteiger partial charge in [0.25, 0.3) is 5.91 Å². The summed E-state index contributed by atoms with van der Waals surface area (Å²) >= 11 is 0. The maximum Gasteiger partial charge on any atom is 0.254 e. The Labute approximate surface area is 168 Å². The number of ether oxygens (including phenoxy) is 1. The molecule has 0 radical (unpaired) electrons. The first-order chi connectivity index (χ1) is 14.2. The predicted molar refractivity (Wildman–Crippen MR) is 112 cm³/mol. The van der Waals surface area contributed by atoms with E-state index >= 15 is 0 Å². The SMILES string of the molecule is CCN(CC)c1ccc2c(c1)OC1C(=C2)c2nc3ccccc3n2C(=O)C1C#N. The first kappa shape index (κ1) is 17.5. The Morgan fingerprint density at radius 3 is 2.76 bits per heavy atom.